The van der Waals surface area contributed by atoms with Crippen LogP contribution in [-0.4, -0.2) is 26.1 Å². The molecule has 0 aromatic heterocycles. The fourth-order valence-electron chi connectivity index (χ4n) is 0. The SMILES string of the molecule is O=[As][As](=O)=O. The van der Waals surface area contributed by atoms with Crippen LogP contribution in [0.2, 0.25) is 0 Å². The minimum absolute atomic E-state index is 1.56. The number of hydrogen-bond donors (Lipinski definition) is 0. The molecule has 0 bridgehead atoms. The molecule has 0 radical (unpaired) electrons. The van der Waals surface area contributed by atoms with Gasteiger partial charge >= 0.3 is 37.3 Å². The molecule has 28 valence electrons. The van der Waals surface area contributed by atoms with E-state index in [0.29, 0.717) is 0 Å². The van der Waals surface area contributed by atoms with Crippen molar-refractivity contribution in [2.75, 3.05) is 0 Å². The predicted octanol–water partition coefficient (Wildman–Crippen LogP) is -1.12. The predicted molar refractivity (Wildman–Crippen MR) is 13.6 cm³/mol. The first kappa shape index (κ1) is 5.52. The van der Waals surface area contributed by atoms with Crippen LogP contribution >= 0.6 is 0 Å². The Morgan fingerprint density at radius 3 is 1.60 bits per heavy atom. The molecule has 0 N–H and O–H groups in total. The van der Waals surface area contributed by atoms with Crippen LogP contribution in [0.5, 0.6) is 0 Å². The van der Waals surface area contributed by atoms with Crippen molar-refractivity contribution in [3.63, 3.8) is 0 Å². The first-order valence-electron chi connectivity index (χ1n) is 0.748. The molecule has 3 nitrogen and oxygen atoms in total. The zero-order valence-electron chi connectivity index (χ0n) is 2.12. The Kier molecular flexibility index (Phi) is 3.02. The summed E-state index contributed by atoms with van der Waals surface area (Å²) in [4.78, 5) is 0. The molecule has 0 fully saturated rings. The summed E-state index contributed by atoms with van der Waals surface area (Å²) in [7, 11) is 0. The van der Waals surface area contributed by atoms with Gasteiger partial charge < -0.3 is 0 Å². The summed E-state index contributed by atoms with van der Waals surface area (Å²) < 4.78 is 27.6. The fourth-order valence-corrected chi connectivity index (χ4v) is 0. The summed E-state index contributed by atoms with van der Waals surface area (Å²) in [6.45, 7) is 0. The van der Waals surface area contributed by atoms with E-state index in [1.807, 2.05) is 0 Å². The van der Waals surface area contributed by atoms with Gasteiger partial charge in [0.15, 0.2) is 0 Å². The zero-order valence-corrected chi connectivity index (χ0v) is 5.87. The second-order valence-corrected chi connectivity index (χ2v) is 7.00. The third-order valence-corrected chi connectivity index (χ3v) is 1.80. The monoisotopic (exact) mass is 198 g/mol. The van der Waals surface area contributed by atoms with E-state index < -0.39 is 26.1 Å². The van der Waals surface area contributed by atoms with Gasteiger partial charge in [0.1, 0.15) is 0 Å². The molecule has 0 atom stereocenters. The maximum absolute atomic E-state index is 9.22. The van der Waals surface area contributed by atoms with Crippen molar-refractivity contribution in [2.45, 2.75) is 0 Å². The van der Waals surface area contributed by atoms with Gasteiger partial charge in [0, 0.05) is 0 Å². The Labute approximate surface area is 37.7 Å². The molecule has 0 saturated carbocycles. The van der Waals surface area contributed by atoms with Gasteiger partial charge in [0.2, 0.25) is 0 Å². The molecule has 0 aromatic rings. The van der Waals surface area contributed by atoms with Crippen LogP contribution in [0.15, 0.2) is 0 Å². The number of rotatable bonds is 1. The average Bonchev–Trinajstić information content (AvgIpc) is 1.38. The van der Waals surface area contributed by atoms with Crippen molar-refractivity contribution < 1.29 is 11.2 Å². The van der Waals surface area contributed by atoms with Crippen molar-refractivity contribution in [3.8, 4) is 0 Å². The zero-order chi connectivity index (χ0) is 4.28. The van der Waals surface area contributed by atoms with Crippen LogP contribution < -0.4 is 0 Å². The first-order chi connectivity index (χ1) is 2.27. The molecule has 0 heterocycles. The molecule has 0 aliphatic carbocycles. The summed E-state index contributed by atoms with van der Waals surface area (Å²) in [5.41, 5.74) is 0. The summed E-state index contributed by atoms with van der Waals surface area (Å²) in [6, 6.07) is 0. The van der Waals surface area contributed by atoms with Crippen LogP contribution in [0.1, 0.15) is 0 Å². The molecule has 0 amide bonds. The van der Waals surface area contributed by atoms with Crippen molar-refractivity contribution in [3.05, 3.63) is 0 Å². The molecule has 0 aromatic carbocycles. The van der Waals surface area contributed by atoms with Gasteiger partial charge in [-0.3, -0.25) is 0 Å². The van der Waals surface area contributed by atoms with E-state index in [-0.39, 0.29) is 0 Å². The van der Waals surface area contributed by atoms with Gasteiger partial charge in [-0.15, -0.1) is 0 Å². The summed E-state index contributed by atoms with van der Waals surface area (Å²) >= 11 is -4.72. The summed E-state index contributed by atoms with van der Waals surface area (Å²) in [6.07, 6.45) is 0. The number of hydrogen-bond acceptors (Lipinski definition) is 3. The van der Waals surface area contributed by atoms with E-state index in [9.17, 15) is 7.48 Å². The van der Waals surface area contributed by atoms with E-state index >= 15 is 0 Å². The second kappa shape index (κ2) is 2.74. The molecule has 0 aliphatic heterocycles. The molecule has 5 heteroatoms. The fraction of sp³-hybridized carbons (Fsp3) is 0. The Balaban J connectivity index is 3.69. The van der Waals surface area contributed by atoms with Gasteiger partial charge in [-0.1, -0.05) is 0 Å². The molecule has 0 aliphatic rings. The molecule has 0 unspecified atom stereocenters. The summed E-state index contributed by atoms with van der Waals surface area (Å²) in [5.74, 6) is 0. The Bertz CT molecular complexity index is 81.1. The van der Waals surface area contributed by atoms with Crippen LogP contribution in [0.4, 0.5) is 0 Å². The Morgan fingerprint density at radius 1 is 1.40 bits per heavy atom. The molecule has 5 heavy (non-hydrogen) atoms. The van der Waals surface area contributed by atoms with Gasteiger partial charge in [-0.25, -0.2) is 0 Å². The van der Waals surface area contributed by atoms with E-state index in [2.05, 4.69) is 0 Å². The van der Waals surface area contributed by atoms with Crippen LogP contribution in [0.3, 0.4) is 0 Å². The normalized spacial score (nSPS) is 8.00. The van der Waals surface area contributed by atoms with Crippen molar-refractivity contribution >= 4 is 26.1 Å². The first-order valence-corrected chi connectivity index (χ1v) is 8.25. The topological polar surface area (TPSA) is 51.2 Å². The van der Waals surface area contributed by atoms with E-state index in [4.69, 9.17) is 3.74 Å². The van der Waals surface area contributed by atoms with Gasteiger partial charge in [-0.05, 0) is 0 Å². The quantitative estimate of drug-likeness (QED) is 0.501. The molecule has 0 rings (SSSR count). The Morgan fingerprint density at radius 2 is 1.60 bits per heavy atom. The van der Waals surface area contributed by atoms with E-state index in [1.165, 1.54) is 0 Å². The van der Waals surface area contributed by atoms with Crippen molar-refractivity contribution in [1.29, 1.82) is 0 Å². The van der Waals surface area contributed by atoms with Gasteiger partial charge in [0.25, 0.3) is 0 Å². The van der Waals surface area contributed by atoms with Crippen molar-refractivity contribution in [2.24, 2.45) is 0 Å². The maximum atomic E-state index is 9.22. The van der Waals surface area contributed by atoms with Crippen molar-refractivity contribution in [1.82, 2.24) is 0 Å². The minimum atomic E-state index is -3.16. The molecule has 0 saturated heterocycles. The standard InChI is InChI=1S/As2O3/c3-1-2(4)5. The van der Waals surface area contributed by atoms with Gasteiger partial charge in [-0.2, -0.15) is 0 Å². The van der Waals surface area contributed by atoms with E-state index in [0.717, 1.165) is 0 Å². The second-order valence-electron chi connectivity index (χ2n) is 0.319. The van der Waals surface area contributed by atoms with Crippen LogP contribution in [0.25, 0.3) is 0 Å². The Hall–Kier alpha value is 0.517. The van der Waals surface area contributed by atoms with Gasteiger partial charge in [0.05, 0.1) is 0 Å². The third-order valence-electron chi connectivity index (χ3n) is 0.0667. The summed E-state index contributed by atoms with van der Waals surface area (Å²) in [5, 5.41) is 0. The van der Waals surface area contributed by atoms with E-state index in [1.54, 1.807) is 0 Å². The average molecular weight is 198 g/mol. The molecular formula is As2O3. The third kappa shape index (κ3) is 4.52. The van der Waals surface area contributed by atoms with Crippen LogP contribution in [-0.2, 0) is 11.2 Å². The molecule has 0 spiro atoms. The molecular weight excluding hydrogens is 198 g/mol. The van der Waals surface area contributed by atoms with Crippen LogP contribution in [0, 0.1) is 0 Å².